The summed E-state index contributed by atoms with van der Waals surface area (Å²) in [4.78, 5) is 11.8. The number of hydrogen-bond acceptors (Lipinski definition) is 3. The van der Waals surface area contributed by atoms with Crippen molar-refractivity contribution < 1.29 is 0 Å². The minimum atomic E-state index is 0.161. The number of nitrogens with zero attached hydrogens (tertiary/aromatic N) is 3. The predicted molar refractivity (Wildman–Crippen MR) is 97.5 cm³/mol. The quantitative estimate of drug-likeness (QED) is 0.702. The van der Waals surface area contributed by atoms with Crippen LogP contribution in [-0.4, -0.2) is 22.8 Å². The number of aliphatic imine (C=N–C) groups is 1. The molecule has 118 valence electrons. The molecule has 1 aromatic heterocycles. The molecule has 1 aliphatic rings. The van der Waals surface area contributed by atoms with Crippen LogP contribution in [0.4, 0.5) is 5.69 Å². The average Bonchev–Trinajstić information content (AvgIpc) is 2.80. The fourth-order valence-corrected chi connectivity index (χ4v) is 3.21. The smallest absolute Gasteiger partial charge is 0.136 e. The van der Waals surface area contributed by atoms with E-state index in [0.717, 1.165) is 29.2 Å². The molecule has 0 N–H and O–H groups in total. The number of aromatic nitrogens is 1. The van der Waals surface area contributed by atoms with Crippen molar-refractivity contribution in [1.82, 2.24) is 9.88 Å². The van der Waals surface area contributed by atoms with Crippen LogP contribution in [0.5, 0.6) is 0 Å². The van der Waals surface area contributed by atoms with Gasteiger partial charge in [-0.05, 0) is 23.8 Å². The Morgan fingerprint density at radius 2 is 1.62 bits per heavy atom. The molecule has 1 atom stereocenters. The van der Waals surface area contributed by atoms with Gasteiger partial charge in [0, 0.05) is 25.2 Å². The van der Waals surface area contributed by atoms with Crippen molar-refractivity contribution in [2.75, 3.05) is 7.05 Å². The molecule has 1 aliphatic heterocycles. The lowest BCUT2D eigenvalue weighted by molar-refractivity contribution is 0.369. The fourth-order valence-electron chi connectivity index (χ4n) is 3.21. The number of rotatable bonds is 2. The van der Waals surface area contributed by atoms with Crippen LogP contribution in [0.2, 0.25) is 0 Å². The van der Waals surface area contributed by atoms with E-state index in [4.69, 9.17) is 4.99 Å². The van der Waals surface area contributed by atoms with E-state index in [1.807, 2.05) is 30.5 Å². The summed E-state index contributed by atoms with van der Waals surface area (Å²) < 4.78 is 0. The van der Waals surface area contributed by atoms with Crippen molar-refractivity contribution in [2.24, 2.45) is 4.99 Å². The van der Waals surface area contributed by atoms with Gasteiger partial charge < -0.3 is 4.90 Å². The van der Waals surface area contributed by atoms with Crippen LogP contribution in [0, 0.1) is 0 Å². The van der Waals surface area contributed by atoms with Crippen LogP contribution in [0.15, 0.2) is 84.0 Å². The second-order valence-electron chi connectivity index (χ2n) is 6.02. The second kappa shape index (κ2) is 6.28. The van der Waals surface area contributed by atoms with Gasteiger partial charge in [0.05, 0.1) is 17.4 Å². The zero-order valence-electron chi connectivity index (χ0n) is 13.6. The van der Waals surface area contributed by atoms with E-state index in [-0.39, 0.29) is 6.04 Å². The maximum absolute atomic E-state index is 4.98. The summed E-state index contributed by atoms with van der Waals surface area (Å²) in [5.41, 5.74) is 4.49. The topological polar surface area (TPSA) is 28.5 Å². The molecule has 1 unspecified atom stereocenters. The minimum absolute atomic E-state index is 0.161. The number of fused-ring (bicyclic) bond motifs is 1. The van der Waals surface area contributed by atoms with E-state index in [0.29, 0.717) is 0 Å². The first-order chi connectivity index (χ1) is 11.8. The third-order valence-electron chi connectivity index (χ3n) is 4.49. The number of amidine groups is 1. The van der Waals surface area contributed by atoms with Crippen LogP contribution in [-0.2, 0) is 6.42 Å². The van der Waals surface area contributed by atoms with Crippen LogP contribution in [0.3, 0.4) is 0 Å². The van der Waals surface area contributed by atoms with E-state index in [2.05, 4.69) is 65.5 Å². The molecular weight excluding hydrogens is 294 g/mol. The van der Waals surface area contributed by atoms with Crippen molar-refractivity contribution in [2.45, 2.75) is 12.5 Å². The van der Waals surface area contributed by atoms with Gasteiger partial charge in [-0.3, -0.25) is 4.98 Å². The molecule has 0 bridgehead atoms. The highest BCUT2D eigenvalue weighted by atomic mass is 15.2. The van der Waals surface area contributed by atoms with E-state index in [9.17, 15) is 0 Å². The van der Waals surface area contributed by atoms with Gasteiger partial charge in [-0.1, -0.05) is 54.6 Å². The molecule has 0 spiro atoms. The SMILES string of the molecule is CN1C(c2ccccc2)=Nc2ccccc2CC1c1ccccn1. The van der Waals surface area contributed by atoms with Gasteiger partial charge >= 0.3 is 0 Å². The summed E-state index contributed by atoms with van der Waals surface area (Å²) in [7, 11) is 2.11. The lowest BCUT2D eigenvalue weighted by atomic mass is 10.0. The Bertz CT molecular complexity index is 857. The van der Waals surface area contributed by atoms with Gasteiger partial charge in [-0.2, -0.15) is 0 Å². The van der Waals surface area contributed by atoms with Crippen molar-refractivity contribution in [3.8, 4) is 0 Å². The molecule has 4 rings (SSSR count). The molecule has 0 saturated carbocycles. The van der Waals surface area contributed by atoms with E-state index in [1.54, 1.807) is 0 Å². The molecule has 0 saturated heterocycles. The van der Waals surface area contributed by atoms with Crippen LogP contribution in [0.25, 0.3) is 0 Å². The third-order valence-corrected chi connectivity index (χ3v) is 4.49. The third kappa shape index (κ3) is 2.69. The standard InChI is InChI=1S/C21H19N3/c1-24-20(19-13-7-8-14-22-19)15-17-11-5-6-12-18(17)23-21(24)16-9-3-2-4-10-16/h2-14,20H,15H2,1H3. The maximum Gasteiger partial charge on any atom is 0.136 e. The first kappa shape index (κ1) is 14.6. The molecule has 2 heterocycles. The summed E-state index contributed by atoms with van der Waals surface area (Å²) in [6.45, 7) is 0. The molecule has 3 aromatic rings. The van der Waals surface area contributed by atoms with Crippen LogP contribution in [0.1, 0.15) is 22.9 Å². The lowest BCUT2D eigenvalue weighted by Gasteiger charge is -2.29. The molecule has 3 nitrogen and oxygen atoms in total. The summed E-state index contributed by atoms with van der Waals surface area (Å²) >= 11 is 0. The number of likely N-dealkylation sites (N-methyl/N-ethyl adjacent to an activating group) is 1. The summed E-state index contributed by atoms with van der Waals surface area (Å²) in [5, 5.41) is 0. The van der Waals surface area contributed by atoms with Gasteiger partial charge in [0.2, 0.25) is 0 Å². The molecule has 2 aromatic carbocycles. The minimum Gasteiger partial charge on any atom is -0.350 e. The average molecular weight is 313 g/mol. The molecule has 3 heteroatoms. The zero-order chi connectivity index (χ0) is 16.4. The Kier molecular flexibility index (Phi) is 3.83. The number of pyridine rings is 1. The Morgan fingerprint density at radius 3 is 2.42 bits per heavy atom. The lowest BCUT2D eigenvalue weighted by Crippen LogP contribution is -2.32. The normalized spacial score (nSPS) is 17.0. The Balaban J connectivity index is 1.87. The predicted octanol–water partition coefficient (Wildman–Crippen LogP) is 4.39. The molecule has 0 radical (unpaired) electrons. The van der Waals surface area contributed by atoms with Gasteiger partial charge in [0.1, 0.15) is 5.84 Å². The molecule has 0 amide bonds. The van der Waals surface area contributed by atoms with Crippen molar-refractivity contribution in [3.05, 3.63) is 95.8 Å². The monoisotopic (exact) mass is 313 g/mol. The molecule has 0 fully saturated rings. The molecule has 24 heavy (non-hydrogen) atoms. The largest absolute Gasteiger partial charge is 0.350 e. The highest BCUT2D eigenvalue weighted by Gasteiger charge is 2.26. The Morgan fingerprint density at radius 1 is 0.875 bits per heavy atom. The van der Waals surface area contributed by atoms with Crippen molar-refractivity contribution in [3.63, 3.8) is 0 Å². The van der Waals surface area contributed by atoms with Gasteiger partial charge in [0.25, 0.3) is 0 Å². The second-order valence-corrected chi connectivity index (χ2v) is 6.02. The van der Waals surface area contributed by atoms with Crippen LogP contribution >= 0.6 is 0 Å². The Hall–Kier alpha value is -2.94. The maximum atomic E-state index is 4.98. The summed E-state index contributed by atoms with van der Waals surface area (Å²) in [6, 6.07) is 25.0. The van der Waals surface area contributed by atoms with Gasteiger partial charge in [-0.15, -0.1) is 0 Å². The molecular formula is C21H19N3. The summed E-state index contributed by atoms with van der Waals surface area (Å²) in [5.74, 6) is 0.983. The van der Waals surface area contributed by atoms with Gasteiger partial charge in [-0.25, -0.2) is 4.99 Å². The van der Waals surface area contributed by atoms with E-state index >= 15 is 0 Å². The van der Waals surface area contributed by atoms with E-state index in [1.165, 1.54) is 5.56 Å². The highest BCUT2D eigenvalue weighted by molar-refractivity contribution is 6.01. The zero-order valence-corrected chi connectivity index (χ0v) is 13.6. The molecule has 0 aliphatic carbocycles. The van der Waals surface area contributed by atoms with Gasteiger partial charge in [0.15, 0.2) is 0 Å². The number of benzene rings is 2. The first-order valence-corrected chi connectivity index (χ1v) is 8.19. The summed E-state index contributed by atoms with van der Waals surface area (Å²) in [6.07, 6.45) is 2.75. The number of para-hydroxylation sites is 1. The van der Waals surface area contributed by atoms with Crippen molar-refractivity contribution in [1.29, 1.82) is 0 Å². The van der Waals surface area contributed by atoms with Crippen molar-refractivity contribution >= 4 is 11.5 Å². The highest BCUT2D eigenvalue weighted by Crippen LogP contribution is 2.33. The first-order valence-electron chi connectivity index (χ1n) is 8.19. The van der Waals surface area contributed by atoms with Crippen LogP contribution < -0.4 is 0 Å². The number of hydrogen-bond donors (Lipinski definition) is 0. The Labute approximate surface area is 142 Å². The fraction of sp³-hybridized carbons (Fsp3) is 0.143. The van der Waals surface area contributed by atoms with E-state index < -0.39 is 0 Å².